The maximum absolute atomic E-state index is 12.6. The van der Waals surface area contributed by atoms with Crippen LogP contribution in [0.2, 0.25) is 0 Å². The first-order valence-electron chi connectivity index (χ1n) is 11.3. The van der Waals surface area contributed by atoms with Gasteiger partial charge >= 0.3 is 0 Å². The fourth-order valence-electron chi connectivity index (χ4n) is 4.18. The number of amides is 1. The zero-order chi connectivity index (χ0) is 22.1. The van der Waals surface area contributed by atoms with Crippen LogP contribution in [0.25, 0.3) is 0 Å². The molecule has 31 heavy (non-hydrogen) atoms. The van der Waals surface area contributed by atoms with Crippen molar-refractivity contribution in [3.8, 4) is 0 Å². The normalized spacial score (nSPS) is 19.2. The highest BCUT2D eigenvalue weighted by Gasteiger charge is 2.28. The highest BCUT2D eigenvalue weighted by Crippen LogP contribution is 2.32. The van der Waals surface area contributed by atoms with E-state index >= 15 is 0 Å². The van der Waals surface area contributed by atoms with Gasteiger partial charge in [0.05, 0.1) is 0 Å². The molecule has 1 N–H and O–H groups in total. The third kappa shape index (κ3) is 6.54. The third-order valence-corrected chi connectivity index (χ3v) is 5.99. The molecule has 0 saturated carbocycles. The lowest BCUT2D eigenvalue weighted by atomic mass is 9.82. The van der Waals surface area contributed by atoms with Crippen LogP contribution < -0.4 is 5.32 Å². The molecule has 0 bridgehead atoms. The van der Waals surface area contributed by atoms with Crippen molar-refractivity contribution in [2.24, 2.45) is 10.9 Å². The van der Waals surface area contributed by atoms with E-state index in [1.54, 1.807) is 11.1 Å². The summed E-state index contributed by atoms with van der Waals surface area (Å²) in [4.78, 5) is 25.6. The molecule has 2 heterocycles. The maximum Gasteiger partial charge on any atom is 0.244 e. The summed E-state index contributed by atoms with van der Waals surface area (Å²) in [6.45, 7) is 7.85. The molecule has 1 aliphatic heterocycles. The van der Waals surface area contributed by atoms with Crippen LogP contribution in [0.5, 0.6) is 0 Å². The van der Waals surface area contributed by atoms with Crippen molar-refractivity contribution in [2.45, 2.75) is 32.6 Å². The van der Waals surface area contributed by atoms with Gasteiger partial charge in [-0.1, -0.05) is 43.3 Å². The minimum atomic E-state index is 0.0264. The van der Waals surface area contributed by atoms with E-state index in [4.69, 9.17) is 0 Å². The first-order chi connectivity index (χ1) is 15.1. The van der Waals surface area contributed by atoms with Gasteiger partial charge in [-0.05, 0) is 42.9 Å². The average Bonchev–Trinajstić information content (AvgIpc) is 2.81. The van der Waals surface area contributed by atoms with Gasteiger partial charge < -0.3 is 15.1 Å². The van der Waals surface area contributed by atoms with Crippen molar-refractivity contribution in [1.82, 2.24) is 20.1 Å². The average molecular weight is 422 g/mol. The van der Waals surface area contributed by atoms with E-state index in [2.05, 4.69) is 64.4 Å². The SMILES string of the molecule is CCNC(=NCC(=O)N(C)CCc1ccccn1)N1CCC(c2ccccc2)C(C)C1. The Hall–Kier alpha value is -2.89. The highest BCUT2D eigenvalue weighted by molar-refractivity contribution is 5.85. The maximum atomic E-state index is 12.6. The summed E-state index contributed by atoms with van der Waals surface area (Å²) >= 11 is 0. The number of pyridine rings is 1. The van der Waals surface area contributed by atoms with Gasteiger partial charge in [0.1, 0.15) is 6.54 Å². The predicted octanol–water partition coefficient (Wildman–Crippen LogP) is 3.17. The summed E-state index contributed by atoms with van der Waals surface area (Å²) in [6.07, 6.45) is 3.62. The monoisotopic (exact) mass is 421 g/mol. The number of aliphatic imine (C=N–C) groups is 1. The van der Waals surface area contributed by atoms with Crippen molar-refractivity contribution < 1.29 is 4.79 Å². The van der Waals surface area contributed by atoms with Gasteiger partial charge in [-0.25, -0.2) is 4.99 Å². The number of aromatic nitrogens is 1. The van der Waals surface area contributed by atoms with Crippen molar-refractivity contribution >= 4 is 11.9 Å². The molecule has 3 rings (SSSR count). The second-order valence-corrected chi connectivity index (χ2v) is 8.29. The molecule has 1 saturated heterocycles. The van der Waals surface area contributed by atoms with E-state index in [1.807, 2.05) is 25.2 Å². The second-order valence-electron chi connectivity index (χ2n) is 8.29. The van der Waals surface area contributed by atoms with Crippen molar-refractivity contribution in [1.29, 1.82) is 0 Å². The molecule has 6 nitrogen and oxygen atoms in total. The summed E-state index contributed by atoms with van der Waals surface area (Å²) < 4.78 is 0. The number of hydrogen-bond donors (Lipinski definition) is 1. The Labute approximate surface area is 186 Å². The lowest BCUT2D eigenvalue weighted by Gasteiger charge is -2.39. The van der Waals surface area contributed by atoms with E-state index in [-0.39, 0.29) is 12.5 Å². The van der Waals surface area contributed by atoms with Crippen molar-refractivity contribution in [3.05, 3.63) is 66.0 Å². The fraction of sp³-hybridized carbons (Fsp3) is 0.480. The molecule has 2 unspecified atom stereocenters. The molecule has 1 aromatic carbocycles. The smallest absolute Gasteiger partial charge is 0.244 e. The number of nitrogens with zero attached hydrogens (tertiary/aromatic N) is 4. The van der Waals surface area contributed by atoms with Crippen LogP contribution in [-0.4, -0.2) is 66.4 Å². The molecule has 166 valence electrons. The van der Waals surface area contributed by atoms with Crippen LogP contribution in [0.15, 0.2) is 59.7 Å². The number of hydrogen-bond acceptors (Lipinski definition) is 3. The second kappa shape index (κ2) is 11.5. The van der Waals surface area contributed by atoms with Crippen LogP contribution >= 0.6 is 0 Å². The molecule has 0 spiro atoms. The molecule has 6 heteroatoms. The number of likely N-dealkylation sites (tertiary alicyclic amines) is 1. The Kier molecular flexibility index (Phi) is 8.44. The van der Waals surface area contributed by atoms with E-state index in [0.717, 1.165) is 44.1 Å². The highest BCUT2D eigenvalue weighted by atomic mass is 16.2. The van der Waals surface area contributed by atoms with Gasteiger partial charge in [-0.2, -0.15) is 0 Å². The number of likely N-dealkylation sites (N-methyl/N-ethyl adjacent to an activating group) is 1. The number of carbonyl (C=O) groups excluding carboxylic acids is 1. The van der Waals surface area contributed by atoms with Crippen LogP contribution in [0.1, 0.15) is 37.4 Å². The molecule has 1 aliphatic rings. The van der Waals surface area contributed by atoms with Gasteiger partial charge in [-0.3, -0.25) is 9.78 Å². The third-order valence-electron chi connectivity index (χ3n) is 5.99. The molecule has 2 atom stereocenters. The molecular formula is C25H35N5O. The molecule has 1 aromatic heterocycles. The minimum Gasteiger partial charge on any atom is -0.357 e. The first kappa shape index (κ1) is 22.8. The number of guanidine groups is 1. The number of piperidine rings is 1. The molecule has 1 fully saturated rings. The molecule has 2 aromatic rings. The van der Waals surface area contributed by atoms with Gasteiger partial charge in [-0.15, -0.1) is 0 Å². The summed E-state index contributed by atoms with van der Waals surface area (Å²) in [5.74, 6) is 1.96. The van der Waals surface area contributed by atoms with Gasteiger partial charge in [0, 0.05) is 51.5 Å². The lowest BCUT2D eigenvalue weighted by molar-refractivity contribution is -0.128. The molecule has 1 amide bonds. The summed E-state index contributed by atoms with van der Waals surface area (Å²) in [6, 6.07) is 16.6. The van der Waals surface area contributed by atoms with Crippen LogP contribution in [0.4, 0.5) is 0 Å². The lowest BCUT2D eigenvalue weighted by Crippen LogP contribution is -2.48. The number of rotatable bonds is 7. The van der Waals surface area contributed by atoms with Gasteiger partial charge in [0.25, 0.3) is 0 Å². The molecule has 0 radical (unpaired) electrons. The number of benzene rings is 1. The Bertz CT molecular complexity index is 840. The fourth-order valence-corrected chi connectivity index (χ4v) is 4.18. The van der Waals surface area contributed by atoms with Gasteiger partial charge in [0.2, 0.25) is 5.91 Å². The number of nitrogens with one attached hydrogen (secondary N) is 1. The summed E-state index contributed by atoms with van der Waals surface area (Å²) in [5.41, 5.74) is 2.41. The van der Waals surface area contributed by atoms with E-state index in [9.17, 15) is 4.79 Å². The van der Waals surface area contributed by atoms with Crippen LogP contribution in [0.3, 0.4) is 0 Å². The Balaban J connectivity index is 1.55. The standard InChI is InChI=1S/C25H35N5O/c1-4-26-25(28-18-24(31)29(3)16-13-22-12-8-9-15-27-22)30-17-14-23(20(2)19-30)21-10-6-5-7-11-21/h5-12,15,20,23H,4,13-14,16-19H2,1-3H3,(H,26,28). The van der Waals surface area contributed by atoms with Crippen LogP contribution in [0, 0.1) is 5.92 Å². The van der Waals surface area contributed by atoms with Gasteiger partial charge in [0.15, 0.2) is 5.96 Å². The number of carbonyl (C=O) groups is 1. The topological polar surface area (TPSA) is 60.8 Å². The molecular weight excluding hydrogens is 386 g/mol. The quantitative estimate of drug-likeness (QED) is 0.551. The first-order valence-corrected chi connectivity index (χ1v) is 11.3. The minimum absolute atomic E-state index is 0.0264. The predicted molar refractivity (Wildman–Crippen MR) is 126 cm³/mol. The summed E-state index contributed by atoms with van der Waals surface area (Å²) in [7, 11) is 1.83. The Morgan fingerprint density at radius 1 is 1.23 bits per heavy atom. The zero-order valence-electron chi connectivity index (χ0n) is 19.0. The Morgan fingerprint density at radius 3 is 2.68 bits per heavy atom. The molecule has 0 aliphatic carbocycles. The van der Waals surface area contributed by atoms with E-state index in [1.165, 1.54) is 5.56 Å². The largest absolute Gasteiger partial charge is 0.357 e. The summed E-state index contributed by atoms with van der Waals surface area (Å²) in [5, 5.41) is 3.37. The Morgan fingerprint density at radius 2 is 2.00 bits per heavy atom. The zero-order valence-corrected chi connectivity index (χ0v) is 19.0. The van der Waals surface area contributed by atoms with Crippen molar-refractivity contribution in [2.75, 3.05) is 39.8 Å². The van der Waals surface area contributed by atoms with Crippen molar-refractivity contribution in [3.63, 3.8) is 0 Å². The van der Waals surface area contributed by atoms with Crippen LogP contribution in [-0.2, 0) is 11.2 Å². The van der Waals surface area contributed by atoms with E-state index < -0.39 is 0 Å². The van der Waals surface area contributed by atoms with E-state index in [0.29, 0.717) is 18.4 Å².